The Bertz CT molecular complexity index is 916. The number of esters is 1. The number of carbonyl (C=O) groups excluding carboxylic acids is 2. The van der Waals surface area contributed by atoms with Crippen LogP contribution in [0.1, 0.15) is 22.8 Å². The van der Waals surface area contributed by atoms with Crippen molar-refractivity contribution in [2.75, 3.05) is 5.75 Å². The Labute approximate surface area is 150 Å². The molecule has 0 saturated heterocycles. The van der Waals surface area contributed by atoms with E-state index in [9.17, 15) is 9.59 Å². The molecule has 0 aliphatic carbocycles. The van der Waals surface area contributed by atoms with Gasteiger partial charge in [-0.3, -0.25) is 9.59 Å². The van der Waals surface area contributed by atoms with Gasteiger partial charge in [0.2, 0.25) is 5.78 Å². The summed E-state index contributed by atoms with van der Waals surface area (Å²) in [6.07, 6.45) is 0.851. The number of hydrogen-bond donors (Lipinski definition) is 1. The third kappa shape index (κ3) is 3.94. The molecule has 0 spiro atoms. The standard InChI is InChI=1S/C20H19NO3S/c1-13-7-3-6-10-18(13)25-12-19(22)24-14(2)20(23)16-11-21-17-9-5-4-8-15(16)17/h3-11,14,21H,12H2,1-2H3/t14-/m1/s1. The molecule has 3 rings (SSSR count). The quantitative estimate of drug-likeness (QED) is 0.406. The molecule has 5 heteroatoms. The highest BCUT2D eigenvalue weighted by atomic mass is 32.2. The van der Waals surface area contributed by atoms with Gasteiger partial charge in [-0.15, -0.1) is 11.8 Å². The second-order valence-electron chi connectivity index (χ2n) is 5.80. The summed E-state index contributed by atoms with van der Waals surface area (Å²) in [4.78, 5) is 28.8. The molecule has 1 aromatic heterocycles. The van der Waals surface area contributed by atoms with Crippen molar-refractivity contribution >= 4 is 34.4 Å². The van der Waals surface area contributed by atoms with Gasteiger partial charge < -0.3 is 9.72 Å². The molecule has 0 amide bonds. The highest BCUT2D eigenvalue weighted by Crippen LogP contribution is 2.23. The van der Waals surface area contributed by atoms with Crippen LogP contribution in [0, 0.1) is 6.92 Å². The fraction of sp³-hybridized carbons (Fsp3) is 0.200. The van der Waals surface area contributed by atoms with Crippen molar-refractivity contribution in [2.24, 2.45) is 0 Å². The molecule has 0 aliphatic rings. The van der Waals surface area contributed by atoms with Gasteiger partial charge in [0.15, 0.2) is 6.10 Å². The Kier molecular flexibility index (Phi) is 5.24. The number of nitrogens with one attached hydrogen (secondary N) is 1. The molecule has 1 heterocycles. The Balaban J connectivity index is 1.61. The number of carbonyl (C=O) groups is 2. The molecule has 1 atom stereocenters. The van der Waals surface area contributed by atoms with Gasteiger partial charge in [-0.1, -0.05) is 36.4 Å². The van der Waals surface area contributed by atoms with Crippen LogP contribution in [-0.4, -0.2) is 28.6 Å². The summed E-state index contributed by atoms with van der Waals surface area (Å²) in [6, 6.07) is 15.4. The maximum Gasteiger partial charge on any atom is 0.316 e. The molecule has 0 bridgehead atoms. The highest BCUT2D eigenvalue weighted by Gasteiger charge is 2.22. The third-order valence-electron chi connectivity index (χ3n) is 3.97. The Morgan fingerprint density at radius 3 is 2.64 bits per heavy atom. The summed E-state index contributed by atoms with van der Waals surface area (Å²) < 4.78 is 5.32. The van der Waals surface area contributed by atoms with Crippen LogP contribution in [0.3, 0.4) is 0 Å². The number of aryl methyl sites for hydroxylation is 1. The first kappa shape index (κ1) is 17.3. The summed E-state index contributed by atoms with van der Waals surface area (Å²) in [7, 11) is 0. The zero-order valence-electron chi connectivity index (χ0n) is 14.1. The first-order valence-electron chi connectivity index (χ1n) is 8.04. The molecule has 0 unspecified atom stereocenters. The Morgan fingerprint density at radius 2 is 1.84 bits per heavy atom. The average Bonchev–Trinajstić information content (AvgIpc) is 3.04. The summed E-state index contributed by atoms with van der Waals surface area (Å²) >= 11 is 1.42. The van der Waals surface area contributed by atoms with E-state index in [-0.39, 0.29) is 11.5 Å². The summed E-state index contributed by atoms with van der Waals surface area (Å²) in [5.41, 5.74) is 2.55. The van der Waals surface area contributed by atoms with Gasteiger partial charge in [-0.25, -0.2) is 0 Å². The van der Waals surface area contributed by atoms with E-state index in [1.807, 2.05) is 55.5 Å². The van der Waals surface area contributed by atoms with Crippen LogP contribution in [-0.2, 0) is 9.53 Å². The monoisotopic (exact) mass is 353 g/mol. The van der Waals surface area contributed by atoms with Crippen molar-refractivity contribution in [3.8, 4) is 0 Å². The minimum atomic E-state index is -0.816. The third-order valence-corrected chi connectivity index (χ3v) is 5.12. The van der Waals surface area contributed by atoms with Gasteiger partial charge in [-0.2, -0.15) is 0 Å². The van der Waals surface area contributed by atoms with Crippen molar-refractivity contribution in [1.29, 1.82) is 0 Å². The Morgan fingerprint density at radius 1 is 1.12 bits per heavy atom. The summed E-state index contributed by atoms with van der Waals surface area (Å²) in [6.45, 7) is 3.61. The number of aromatic amines is 1. The fourth-order valence-electron chi connectivity index (χ4n) is 2.63. The topological polar surface area (TPSA) is 59.2 Å². The van der Waals surface area contributed by atoms with E-state index in [2.05, 4.69) is 4.98 Å². The van der Waals surface area contributed by atoms with Crippen molar-refractivity contribution in [3.05, 3.63) is 65.9 Å². The molecule has 0 radical (unpaired) electrons. The van der Waals surface area contributed by atoms with E-state index in [0.29, 0.717) is 5.56 Å². The minimum absolute atomic E-state index is 0.177. The van der Waals surface area contributed by atoms with Crippen molar-refractivity contribution < 1.29 is 14.3 Å². The number of H-pyrrole nitrogens is 1. The van der Waals surface area contributed by atoms with Crippen molar-refractivity contribution in [3.63, 3.8) is 0 Å². The van der Waals surface area contributed by atoms with E-state index in [1.165, 1.54) is 11.8 Å². The molecule has 3 aromatic rings. The van der Waals surface area contributed by atoms with Gasteiger partial charge in [0.1, 0.15) is 0 Å². The summed E-state index contributed by atoms with van der Waals surface area (Å²) in [5, 5.41) is 0.838. The number of thioether (sulfide) groups is 1. The predicted octanol–water partition coefficient (Wildman–Crippen LogP) is 4.38. The van der Waals surface area contributed by atoms with E-state index in [0.717, 1.165) is 21.4 Å². The number of ether oxygens (including phenoxy) is 1. The number of ketones is 1. The van der Waals surface area contributed by atoms with E-state index in [1.54, 1.807) is 13.1 Å². The smallest absolute Gasteiger partial charge is 0.316 e. The molecule has 0 fully saturated rings. The molecular formula is C20H19NO3S. The lowest BCUT2D eigenvalue weighted by molar-refractivity contribution is -0.143. The molecular weight excluding hydrogens is 334 g/mol. The number of fused-ring (bicyclic) bond motifs is 1. The van der Waals surface area contributed by atoms with Crippen LogP contribution < -0.4 is 0 Å². The van der Waals surface area contributed by atoms with Crippen LogP contribution in [0.2, 0.25) is 0 Å². The molecule has 4 nitrogen and oxygen atoms in total. The molecule has 0 saturated carbocycles. The summed E-state index contributed by atoms with van der Waals surface area (Å²) in [5.74, 6) is -0.420. The lowest BCUT2D eigenvalue weighted by Crippen LogP contribution is -2.25. The van der Waals surface area contributed by atoms with E-state index < -0.39 is 12.1 Å². The molecule has 0 aliphatic heterocycles. The zero-order valence-corrected chi connectivity index (χ0v) is 14.9. The fourth-order valence-corrected chi connectivity index (χ4v) is 3.45. The van der Waals surface area contributed by atoms with Crippen molar-refractivity contribution in [2.45, 2.75) is 24.8 Å². The maximum absolute atomic E-state index is 12.6. The first-order chi connectivity index (χ1) is 12.1. The number of Topliss-reactive ketones (excluding diaryl/α,β-unsaturated/α-hetero) is 1. The lowest BCUT2D eigenvalue weighted by atomic mass is 10.1. The van der Waals surface area contributed by atoms with Gasteiger partial charge in [0, 0.05) is 27.6 Å². The highest BCUT2D eigenvalue weighted by molar-refractivity contribution is 8.00. The predicted molar refractivity (Wildman–Crippen MR) is 100 cm³/mol. The zero-order chi connectivity index (χ0) is 17.8. The van der Waals surface area contributed by atoms with E-state index in [4.69, 9.17) is 4.74 Å². The SMILES string of the molecule is Cc1ccccc1SCC(=O)O[C@H](C)C(=O)c1c[nH]c2ccccc12. The van der Waals surface area contributed by atoms with Crippen LogP contribution in [0.15, 0.2) is 59.6 Å². The van der Waals surface area contributed by atoms with Gasteiger partial charge in [0.05, 0.1) is 5.75 Å². The van der Waals surface area contributed by atoms with E-state index >= 15 is 0 Å². The Hall–Kier alpha value is -2.53. The van der Waals surface area contributed by atoms with Crippen molar-refractivity contribution in [1.82, 2.24) is 4.98 Å². The van der Waals surface area contributed by atoms with Crippen LogP contribution in [0.4, 0.5) is 0 Å². The second-order valence-corrected chi connectivity index (χ2v) is 6.82. The first-order valence-corrected chi connectivity index (χ1v) is 9.03. The van der Waals surface area contributed by atoms with Gasteiger partial charge >= 0.3 is 5.97 Å². The van der Waals surface area contributed by atoms with Crippen LogP contribution >= 0.6 is 11.8 Å². The number of para-hydroxylation sites is 1. The molecule has 2 aromatic carbocycles. The lowest BCUT2D eigenvalue weighted by Gasteiger charge is -2.12. The molecule has 128 valence electrons. The van der Waals surface area contributed by atoms with Crippen LogP contribution in [0.5, 0.6) is 0 Å². The number of rotatable bonds is 6. The normalized spacial score (nSPS) is 12.1. The largest absolute Gasteiger partial charge is 0.454 e. The number of hydrogen-bond acceptors (Lipinski definition) is 4. The van der Waals surface area contributed by atoms with Gasteiger partial charge in [0.25, 0.3) is 0 Å². The minimum Gasteiger partial charge on any atom is -0.454 e. The number of benzene rings is 2. The number of aromatic nitrogens is 1. The molecule has 25 heavy (non-hydrogen) atoms. The molecule has 1 N–H and O–H groups in total. The maximum atomic E-state index is 12.6. The average molecular weight is 353 g/mol. The second kappa shape index (κ2) is 7.57. The van der Waals surface area contributed by atoms with Crippen LogP contribution in [0.25, 0.3) is 10.9 Å². The van der Waals surface area contributed by atoms with Gasteiger partial charge in [-0.05, 0) is 31.5 Å².